The van der Waals surface area contributed by atoms with Gasteiger partial charge in [0.15, 0.2) is 5.78 Å². The van der Waals surface area contributed by atoms with Crippen molar-refractivity contribution < 1.29 is 18.8 Å². The van der Waals surface area contributed by atoms with Gasteiger partial charge in [-0.25, -0.2) is 0 Å². The van der Waals surface area contributed by atoms with E-state index >= 15 is 0 Å². The van der Waals surface area contributed by atoms with Gasteiger partial charge in [0.1, 0.15) is 11.4 Å². The predicted molar refractivity (Wildman–Crippen MR) is 122 cm³/mol. The summed E-state index contributed by atoms with van der Waals surface area (Å²) in [6.07, 6.45) is 2.27. The average Bonchev–Trinajstić information content (AvgIpc) is 3.30. The zero-order chi connectivity index (χ0) is 23.2. The number of rotatable bonds is 3. The number of hydrogen-bond acceptors (Lipinski definition) is 6. The molecule has 7 heteroatoms. The van der Waals surface area contributed by atoms with Gasteiger partial charge in [-0.15, -0.1) is 0 Å². The molecule has 1 aromatic heterocycles. The molecule has 2 aliphatic heterocycles. The molecule has 7 nitrogen and oxygen atoms in total. The van der Waals surface area contributed by atoms with Crippen molar-refractivity contribution in [1.29, 1.82) is 0 Å². The number of carbonyl (C=O) groups is 2. The van der Waals surface area contributed by atoms with E-state index in [4.69, 9.17) is 9.26 Å². The molecule has 5 rings (SSSR count). The fraction of sp³-hybridized carbons (Fsp3) is 0.385. The largest absolute Gasteiger partial charge is 0.486 e. The third-order valence-electron chi connectivity index (χ3n) is 6.81. The van der Waals surface area contributed by atoms with Crippen LogP contribution in [0.3, 0.4) is 0 Å². The van der Waals surface area contributed by atoms with Crippen LogP contribution in [0.2, 0.25) is 0 Å². The van der Waals surface area contributed by atoms with Crippen LogP contribution in [0.4, 0.5) is 0 Å². The Balaban J connectivity index is 1.30. The minimum Gasteiger partial charge on any atom is -0.486 e. The molecule has 0 bridgehead atoms. The van der Waals surface area contributed by atoms with Crippen molar-refractivity contribution in [2.24, 2.45) is 0 Å². The molecule has 170 valence electrons. The lowest BCUT2D eigenvalue weighted by atomic mass is 9.81. The molecule has 1 amide bonds. The normalized spacial score (nSPS) is 17.1. The second-order valence-corrected chi connectivity index (χ2v) is 9.06. The first kappa shape index (κ1) is 21.4. The number of nitrogens with zero attached hydrogens (tertiary/aromatic N) is 3. The number of aromatic nitrogens is 2. The van der Waals surface area contributed by atoms with E-state index in [0.717, 1.165) is 16.7 Å². The molecule has 0 saturated carbocycles. The number of Topliss-reactive ketones (excluding diaryl/α,β-unsaturated/α-hetero) is 1. The minimum atomic E-state index is -0.536. The van der Waals surface area contributed by atoms with Crippen LogP contribution in [0.15, 0.2) is 40.9 Å². The third kappa shape index (κ3) is 3.92. The average molecular weight is 446 g/mol. The van der Waals surface area contributed by atoms with Crippen LogP contribution >= 0.6 is 0 Å². The Bertz CT molecular complexity index is 1240. The highest BCUT2D eigenvalue weighted by molar-refractivity contribution is 6.01. The van der Waals surface area contributed by atoms with Crippen molar-refractivity contribution in [3.8, 4) is 17.1 Å². The number of fused-ring (bicyclic) bond motifs is 1. The predicted octanol–water partition coefficient (Wildman–Crippen LogP) is 4.56. The van der Waals surface area contributed by atoms with Crippen molar-refractivity contribution in [2.75, 3.05) is 13.1 Å². The van der Waals surface area contributed by atoms with Crippen molar-refractivity contribution >= 4 is 11.7 Å². The van der Waals surface area contributed by atoms with E-state index in [0.29, 0.717) is 67.4 Å². The SMILES string of the molecule is CCc1nc(-c2cccc(C(=O)N3CCC4(CC3)CC(=O)c3cc(C)c(C)cc3O4)c2)no1. The lowest BCUT2D eigenvalue weighted by Crippen LogP contribution is -2.52. The maximum atomic E-state index is 13.2. The van der Waals surface area contributed by atoms with Crippen molar-refractivity contribution in [3.63, 3.8) is 0 Å². The summed E-state index contributed by atoms with van der Waals surface area (Å²) in [4.78, 5) is 32.3. The van der Waals surface area contributed by atoms with Gasteiger partial charge < -0.3 is 14.2 Å². The van der Waals surface area contributed by atoms with Gasteiger partial charge in [-0.05, 0) is 49.2 Å². The number of aryl methyl sites for hydroxylation is 3. The minimum absolute atomic E-state index is 0.0417. The molecule has 3 heterocycles. The number of amides is 1. The summed E-state index contributed by atoms with van der Waals surface area (Å²) in [5, 5.41) is 4.00. The van der Waals surface area contributed by atoms with Crippen LogP contribution in [-0.4, -0.2) is 45.4 Å². The first-order valence-electron chi connectivity index (χ1n) is 11.4. The summed E-state index contributed by atoms with van der Waals surface area (Å²) in [6.45, 7) is 7.06. The molecular weight excluding hydrogens is 418 g/mol. The zero-order valence-corrected chi connectivity index (χ0v) is 19.2. The molecule has 0 aliphatic carbocycles. The molecule has 3 aromatic rings. The van der Waals surface area contributed by atoms with E-state index in [1.54, 1.807) is 12.1 Å². The quantitative estimate of drug-likeness (QED) is 0.588. The van der Waals surface area contributed by atoms with Crippen LogP contribution in [-0.2, 0) is 6.42 Å². The number of hydrogen-bond donors (Lipinski definition) is 0. The van der Waals surface area contributed by atoms with Gasteiger partial charge in [-0.1, -0.05) is 24.2 Å². The topological polar surface area (TPSA) is 85.5 Å². The van der Waals surface area contributed by atoms with Crippen molar-refractivity contribution in [3.05, 3.63) is 64.5 Å². The van der Waals surface area contributed by atoms with Gasteiger partial charge >= 0.3 is 0 Å². The monoisotopic (exact) mass is 445 g/mol. The van der Waals surface area contributed by atoms with Gasteiger partial charge in [0.05, 0.1) is 12.0 Å². The molecule has 33 heavy (non-hydrogen) atoms. The Morgan fingerprint density at radius 2 is 1.88 bits per heavy atom. The number of piperidine rings is 1. The number of ether oxygens (including phenoxy) is 1. The number of carbonyl (C=O) groups excluding carboxylic acids is 2. The van der Waals surface area contributed by atoms with E-state index in [-0.39, 0.29) is 11.7 Å². The smallest absolute Gasteiger partial charge is 0.253 e. The molecule has 0 unspecified atom stereocenters. The highest BCUT2D eigenvalue weighted by Gasteiger charge is 2.43. The van der Waals surface area contributed by atoms with Gasteiger partial charge in [-0.3, -0.25) is 9.59 Å². The first-order valence-corrected chi connectivity index (χ1v) is 11.4. The molecule has 1 fully saturated rings. The van der Waals surface area contributed by atoms with E-state index < -0.39 is 5.60 Å². The van der Waals surface area contributed by atoms with Gasteiger partial charge in [0.25, 0.3) is 5.91 Å². The first-order chi connectivity index (χ1) is 15.9. The molecular formula is C26H27N3O4. The van der Waals surface area contributed by atoms with Crippen LogP contribution in [0.5, 0.6) is 5.75 Å². The van der Waals surface area contributed by atoms with Crippen LogP contribution < -0.4 is 4.74 Å². The Labute approximate surface area is 192 Å². The summed E-state index contributed by atoms with van der Waals surface area (Å²) in [5.41, 5.74) is 3.68. The highest BCUT2D eigenvalue weighted by Crippen LogP contribution is 2.40. The van der Waals surface area contributed by atoms with E-state index in [1.807, 2.05) is 49.9 Å². The summed E-state index contributed by atoms with van der Waals surface area (Å²) in [5.74, 6) is 1.81. The van der Waals surface area contributed by atoms with Crippen LogP contribution in [0.1, 0.15) is 63.9 Å². The zero-order valence-electron chi connectivity index (χ0n) is 19.2. The number of likely N-dealkylation sites (tertiary alicyclic amines) is 1. The summed E-state index contributed by atoms with van der Waals surface area (Å²) in [7, 11) is 0. The lowest BCUT2D eigenvalue weighted by Gasteiger charge is -2.44. The number of ketones is 1. The summed E-state index contributed by atoms with van der Waals surface area (Å²) >= 11 is 0. The van der Waals surface area contributed by atoms with Crippen molar-refractivity contribution in [1.82, 2.24) is 15.0 Å². The molecule has 0 radical (unpaired) electrons. The van der Waals surface area contributed by atoms with Crippen molar-refractivity contribution in [2.45, 2.75) is 52.1 Å². The molecule has 2 aliphatic rings. The maximum Gasteiger partial charge on any atom is 0.253 e. The van der Waals surface area contributed by atoms with Gasteiger partial charge in [0.2, 0.25) is 11.7 Å². The molecule has 0 N–H and O–H groups in total. The van der Waals surface area contributed by atoms with Gasteiger partial charge in [-0.2, -0.15) is 4.98 Å². The van der Waals surface area contributed by atoms with Crippen LogP contribution in [0, 0.1) is 13.8 Å². The maximum absolute atomic E-state index is 13.2. The molecule has 2 aromatic carbocycles. The Hall–Kier alpha value is -3.48. The second-order valence-electron chi connectivity index (χ2n) is 9.06. The molecule has 0 atom stereocenters. The third-order valence-corrected chi connectivity index (χ3v) is 6.81. The number of benzene rings is 2. The second kappa shape index (κ2) is 8.14. The van der Waals surface area contributed by atoms with E-state index in [1.165, 1.54) is 0 Å². The standard InChI is InChI=1S/C26H27N3O4/c1-4-23-27-24(28-33-23)18-6-5-7-19(14-18)25(31)29-10-8-26(9-11-29)15-21(30)20-12-16(2)17(3)13-22(20)32-26/h5-7,12-14H,4,8-11,15H2,1-3H3. The highest BCUT2D eigenvalue weighted by atomic mass is 16.5. The lowest BCUT2D eigenvalue weighted by molar-refractivity contribution is -0.00575. The Kier molecular flexibility index (Phi) is 5.27. The summed E-state index contributed by atoms with van der Waals surface area (Å²) < 4.78 is 11.6. The van der Waals surface area contributed by atoms with Crippen LogP contribution in [0.25, 0.3) is 11.4 Å². The fourth-order valence-electron chi connectivity index (χ4n) is 4.63. The van der Waals surface area contributed by atoms with Gasteiger partial charge in [0, 0.05) is 43.5 Å². The Morgan fingerprint density at radius 3 is 2.61 bits per heavy atom. The van der Waals surface area contributed by atoms with E-state index in [9.17, 15) is 9.59 Å². The molecule has 1 saturated heterocycles. The summed E-state index contributed by atoms with van der Waals surface area (Å²) in [6, 6.07) is 11.2. The van der Waals surface area contributed by atoms with E-state index in [2.05, 4.69) is 10.1 Å². The Morgan fingerprint density at radius 1 is 1.12 bits per heavy atom. The fourth-order valence-corrected chi connectivity index (χ4v) is 4.63. The molecule has 1 spiro atoms.